The number of nitrogens with one attached hydrogen (secondary N) is 2. The largest absolute Gasteiger partial charge is 0.481 e. The Kier molecular flexibility index (Phi) is 6.96. The van der Waals surface area contributed by atoms with Crippen molar-refractivity contribution in [3.63, 3.8) is 0 Å². The first-order chi connectivity index (χ1) is 16.5. The molecule has 1 aromatic heterocycles. The fraction of sp³-hybridized carbons (Fsp3) is 0.269. The fourth-order valence-corrected chi connectivity index (χ4v) is 4.17. The van der Waals surface area contributed by atoms with Crippen LogP contribution in [0.1, 0.15) is 53.1 Å². The van der Waals surface area contributed by atoms with E-state index in [1.807, 2.05) is 24.3 Å². The van der Waals surface area contributed by atoms with Crippen molar-refractivity contribution in [2.75, 3.05) is 6.61 Å². The topological polar surface area (TPSA) is 118 Å². The van der Waals surface area contributed by atoms with Gasteiger partial charge in [-0.15, -0.1) is 0 Å². The monoisotopic (exact) mass is 462 g/mol. The number of carboxylic acids is 1. The van der Waals surface area contributed by atoms with Crippen molar-refractivity contribution in [2.24, 2.45) is 0 Å². The van der Waals surface area contributed by atoms with Crippen molar-refractivity contribution in [3.05, 3.63) is 83.3 Å². The smallest absolute Gasteiger partial charge is 0.407 e. The van der Waals surface area contributed by atoms with Gasteiger partial charge in [-0.1, -0.05) is 55.5 Å². The zero-order chi connectivity index (χ0) is 24.1. The Labute approximate surface area is 196 Å². The van der Waals surface area contributed by atoms with E-state index in [0.29, 0.717) is 12.2 Å². The third-order valence-electron chi connectivity index (χ3n) is 5.89. The molecule has 0 saturated heterocycles. The third kappa shape index (κ3) is 5.11. The highest BCUT2D eigenvalue weighted by Crippen LogP contribution is 2.44. The van der Waals surface area contributed by atoms with E-state index in [-0.39, 0.29) is 31.3 Å². The molecule has 0 radical (unpaired) electrons. The Morgan fingerprint density at radius 3 is 2.26 bits per heavy atom. The fourth-order valence-electron chi connectivity index (χ4n) is 4.17. The predicted molar refractivity (Wildman–Crippen MR) is 124 cm³/mol. The summed E-state index contributed by atoms with van der Waals surface area (Å²) >= 11 is 0. The lowest BCUT2D eigenvalue weighted by Gasteiger charge is -2.14. The number of amides is 2. The van der Waals surface area contributed by atoms with Gasteiger partial charge in [-0.05, 0) is 40.8 Å². The highest BCUT2D eigenvalue weighted by molar-refractivity contribution is 5.92. The number of ether oxygens (including phenoxy) is 1. The molecule has 1 aliphatic carbocycles. The van der Waals surface area contributed by atoms with Crippen LogP contribution in [0.3, 0.4) is 0 Å². The van der Waals surface area contributed by atoms with Crippen molar-refractivity contribution in [1.82, 2.24) is 10.6 Å². The van der Waals surface area contributed by atoms with Crippen molar-refractivity contribution >= 4 is 18.0 Å². The summed E-state index contributed by atoms with van der Waals surface area (Å²) in [4.78, 5) is 35.5. The lowest BCUT2D eigenvalue weighted by molar-refractivity contribution is -0.137. The summed E-state index contributed by atoms with van der Waals surface area (Å²) < 4.78 is 11.0. The van der Waals surface area contributed by atoms with Gasteiger partial charge < -0.3 is 24.9 Å². The van der Waals surface area contributed by atoms with Gasteiger partial charge in [-0.25, -0.2) is 4.79 Å². The maximum Gasteiger partial charge on any atom is 0.407 e. The molecular weight excluding hydrogens is 436 g/mol. The highest BCUT2D eigenvalue weighted by Gasteiger charge is 2.29. The maximum absolute atomic E-state index is 12.3. The Morgan fingerprint density at radius 1 is 1.00 bits per heavy atom. The molecule has 1 heterocycles. The quantitative estimate of drug-likeness (QED) is 0.436. The van der Waals surface area contributed by atoms with Crippen LogP contribution in [0.4, 0.5) is 4.79 Å². The molecule has 1 unspecified atom stereocenters. The van der Waals surface area contributed by atoms with Crippen molar-refractivity contribution < 1.29 is 28.6 Å². The SMILES string of the molecule is CCC(CC(=O)O)NC(=O)c1ccc(CNC(=O)OCC2c3ccccc3-c3ccccc32)o1. The van der Waals surface area contributed by atoms with E-state index >= 15 is 0 Å². The van der Waals surface area contributed by atoms with Crippen LogP contribution in [-0.2, 0) is 16.1 Å². The van der Waals surface area contributed by atoms with E-state index in [2.05, 4.69) is 34.9 Å². The van der Waals surface area contributed by atoms with Crippen LogP contribution >= 0.6 is 0 Å². The molecule has 8 heteroatoms. The van der Waals surface area contributed by atoms with Gasteiger partial charge in [0.05, 0.1) is 13.0 Å². The van der Waals surface area contributed by atoms with E-state index in [0.717, 1.165) is 22.3 Å². The molecule has 2 amide bonds. The van der Waals surface area contributed by atoms with Gasteiger partial charge in [0.25, 0.3) is 5.91 Å². The number of hydrogen-bond acceptors (Lipinski definition) is 5. The van der Waals surface area contributed by atoms with E-state index in [1.165, 1.54) is 6.07 Å². The van der Waals surface area contributed by atoms with Crippen LogP contribution < -0.4 is 10.6 Å². The van der Waals surface area contributed by atoms with Gasteiger partial charge in [-0.2, -0.15) is 0 Å². The minimum absolute atomic E-state index is 0.0330. The molecule has 3 aromatic rings. The summed E-state index contributed by atoms with van der Waals surface area (Å²) in [6.07, 6.45) is -0.273. The molecule has 3 N–H and O–H groups in total. The lowest BCUT2D eigenvalue weighted by atomic mass is 9.98. The minimum Gasteiger partial charge on any atom is -0.481 e. The number of hydrogen-bond donors (Lipinski definition) is 3. The minimum atomic E-state index is -0.987. The molecule has 1 aliphatic rings. The van der Waals surface area contributed by atoms with Gasteiger partial charge in [0.1, 0.15) is 12.4 Å². The van der Waals surface area contributed by atoms with Gasteiger partial charge in [-0.3, -0.25) is 9.59 Å². The second-order valence-electron chi connectivity index (χ2n) is 8.12. The van der Waals surface area contributed by atoms with Crippen LogP contribution in [0, 0.1) is 0 Å². The molecule has 0 aliphatic heterocycles. The first kappa shape index (κ1) is 23.1. The molecule has 0 bridgehead atoms. The predicted octanol–water partition coefficient (Wildman–Crippen LogP) is 4.30. The van der Waals surface area contributed by atoms with E-state index in [9.17, 15) is 14.4 Å². The molecule has 1 atom stereocenters. The standard InChI is InChI=1S/C26H26N2O6/c1-2-16(13-24(29)30)28-25(31)23-12-11-17(34-23)14-27-26(32)33-15-22-20-9-5-3-7-18(20)19-8-4-6-10-21(19)22/h3-12,16,22H,2,13-15H2,1H3,(H,27,32)(H,28,31)(H,29,30). The molecule has 0 fully saturated rings. The average Bonchev–Trinajstić information content (AvgIpc) is 3.44. The number of fused-ring (bicyclic) bond motifs is 3. The molecule has 0 spiro atoms. The number of furan rings is 1. The Hall–Kier alpha value is -4.07. The van der Waals surface area contributed by atoms with Gasteiger partial charge >= 0.3 is 12.1 Å². The van der Waals surface area contributed by atoms with Crippen LogP contribution in [0.15, 0.2) is 65.1 Å². The van der Waals surface area contributed by atoms with E-state index in [4.69, 9.17) is 14.3 Å². The van der Waals surface area contributed by atoms with E-state index < -0.39 is 24.0 Å². The summed E-state index contributed by atoms with van der Waals surface area (Å²) in [6.45, 7) is 2.05. The number of carbonyl (C=O) groups is 3. The second kappa shape index (κ2) is 10.2. The summed E-state index contributed by atoms with van der Waals surface area (Å²) in [5.41, 5.74) is 4.57. The van der Waals surface area contributed by atoms with Crippen LogP contribution in [0.2, 0.25) is 0 Å². The summed E-state index contributed by atoms with van der Waals surface area (Å²) in [6, 6.07) is 18.8. The molecular formula is C26H26N2O6. The highest BCUT2D eigenvalue weighted by atomic mass is 16.5. The van der Waals surface area contributed by atoms with Gasteiger partial charge in [0.15, 0.2) is 5.76 Å². The van der Waals surface area contributed by atoms with E-state index in [1.54, 1.807) is 13.0 Å². The van der Waals surface area contributed by atoms with Gasteiger partial charge in [0.2, 0.25) is 0 Å². The Balaban J connectivity index is 1.30. The first-order valence-corrected chi connectivity index (χ1v) is 11.2. The Bertz CT molecular complexity index is 1160. The molecule has 2 aromatic carbocycles. The molecule has 8 nitrogen and oxygen atoms in total. The summed E-state index contributed by atoms with van der Waals surface area (Å²) in [7, 11) is 0. The second-order valence-corrected chi connectivity index (χ2v) is 8.12. The molecule has 4 rings (SSSR count). The summed E-state index contributed by atoms with van der Waals surface area (Å²) in [5, 5.41) is 14.2. The van der Waals surface area contributed by atoms with Crippen LogP contribution in [0.25, 0.3) is 11.1 Å². The van der Waals surface area contributed by atoms with Crippen LogP contribution in [-0.4, -0.2) is 35.7 Å². The average molecular weight is 463 g/mol. The van der Waals surface area contributed by atoms with Crippen molar-refractivity contribution in [3.8, 4) is 11.1 Å². The molecule has 34 heavy (non-hydrogen) atoms. The van der Waals surface area contributed by atoms with Gasteiger partial charge in [0, 0.05) is 12.0 Å². The van der Waals surface area contributed by atoms with Crippen molar-refractivity contribution in [2.45, 2.75) is 38.3 Å². The number of alkyl carbamates (subject to hydrolysis) is 1. The lowest BCUT2D eigenvalue weighted by Crippen LogP contribution is -2.35. The number of carbonyl (C=O) groups excluding carboxylic acids is 2. The zero-order valence-electron chi connectivity index (χ0n) is 18.7. The molecule has 0 saturated carbocycles. The molecule has 176 valence electrons. The van der Waals surface area contributed by atoms with Crippen molar-refractivity contribution in [1.29, 1.82) is 0 Å². The zero-order valence-corrected chi connectivity index (χ0v) is 18.7. The Morgan fingerprint density at radius 2 is 1.65 bits per heavy atom. The number of rotatable bonds is 9. The number of aliphatic carboxylic acids is 1. The number of benzene rings is 2. The summed E-state index contributed by atoms with van der Waals surface area (Å²) in [5.74, 6) is -1.09. The normalized spacial score (nSPS) is 13.0. The first-order valence-electron chi connectivity index (χ1n) is 11.2. The maximum atomic E-state index is 12.3. The van der Waals surface area contributed by atoms with Crippen LogP contribution in [0.5, 0.6) is 0 Å². The third-order valence-corrected chi connectivity index (χ3v) is 5.89. The number of carboxylic acid groups (broad SMARTS) is 1.